The summed E-state index contributed by atoms with van der Waals surface area (Å²) in [4.78, 5) is 7.43. The number of piperidine rings is 1. The average molecular weight is 361 g/mol. The van der Waals surface area contributed by atoms with E-state index < -0.39 is 0 Å². The molecule has 1 fully saturated rings. The van der Waals surface area contributed by atoms with Gasteiger partial charge in [-0.1, -0.05) is 50.2 Å². The molecule has 0 N–H and O–H groups in total. The molecule has 0 saturated carbocycles. The lowest BCUT2D eigenvalue weighted by Crippen LogP contribution is -2.39. The molecule has 0 radical (unpaired) electrons. The molecule has 2 heterocycles. The van der Waals surface area contributed by atoms with Gasteiger partial charge in [0, 0.05) is 18.5 Å². The van der Waals surface area contributed by atoms with E-state index in [4.69, 9.17) is 9.72 Å². The van der Waals surface area contributed by atoms with Crippen LogP contribution < -0.4 is 9.64 Å². The number of anilines is 1. The van der Waals surface area contributed by atoms with Crippen LogP contribution in [0.25, 0.3) is 10.9 Å². The Hall–Kier alpha value is -2.55. The molecule has 4 rings (SSSR count). The van der Waals surface area contributed by atoms with Crippen LogP contribution >= 0.6 is 0 Å². The number of rotatable bonds is 4. The first kappa shape index (κ1) is 17.8. The molecule has 2 aromatic carbocycles. The van der Waals surface area contributed by atoms with E-state index in [-0.39, 0.29) is 0 Å². The van der Waals surface area contributed by atoms with Gasteiger partial charge in [0.15, 0.2) is 0 Å². The van der Waals surface area contributed by atoms with Gasteiger partial charge in [-0.25, -0.2) is 4.98 Å². The number of hydrogen-bond donors (Lipinski definition) is 0. The van der Waals surface area contributed by atoms with Gasteiger partial charge in [0.05, 0.1) is 0 Å². The van der Waals surface area contributed by atoms with Crippen molar-refractivity contribution in [3.63, 3.8) is 0 Å². The Morgan fingerprint density at radius 1 is 0.963 bits per heavy atom. The van der Waals surface area contributed by atoms with Crippen LogP contribution in [-0.4, -0.2) is 18.1 Å². The fraction of sp³-hybridized carbons (Fsp3) is 0.375. The minimum absolute atomic E-state index is 0.565. The summed E-state index contributed by atoms with van der Waals surface area (Å²) in [5.41, 5.74) is 3.42. The smallest absolute Gasteiger partial charge is 0.146 e. The highest BCUT2D eigenvalue weighted by atomic mass is 16.5. The van der Waals surface area contributed by atoms with Crippen LogP contribution in [0.2, 0.25) is 0 Å². The molecule has 1 aliphatic rings. The largest absolute Gasteiger partial charge is 0.487 e. The minimum Gasteiger partial charge on any atom is -0.487 e. The van der Waals surface area contributed by atoms with Crippen molar-refractivity contribution < 1.29 is 4.74 Å². The maximum atomic E-state index is 6.19. The summed E-state index contributed by atoms with van der Waals surface area (Å²) in [6.45, 7) is 9.51. The summed E-state index contributed by atoms with van der Waals surface area (Å²) < 4.78 is 6.19. The Morgan fingerprint density at radius 2 is 1.74 bits per heavy atom. The number of fused-ring (bicyclic) bond motifs is 1. The summed E-state index contributed by atoms with van der Waals surface area (Å²) in [5, 5.41) is 1.12. The molecular formula is C24H28N2O. The highest BCUT2D eigenvalue weighted by Crippen LogP contribution is 2.30. The van der Waals surface area contributed by atoms with Crippen LogP contribution in [-0.2, 0) is 6.61 Å². The number of aryl methyl sites for hydroxylation is 1. The number of nitrogens with zero attached hydrogens (tertiary/aromatic N) is 2. The second kappa shape index (κ2) is 7.59. The maximum Gasteiger partial charge on any atom is 0.146 e. The van der Waals surface area contributed by atoms with Crippen molar-refractivity contribution in [2.24, 2.45) is 11.8 Å². The van der Waals surface area contributed by atoms with Crippen molar-refractivity contribution in [1.82, 2.24) is 4.98 Å². The standard InChI is InChI=1S/C24H28N2O/c1-17-13-18(2)15-26(14-17)23-12-11-20-9-6-10-22(24(20)25-23)27-16-21-8-5-4-7-19(21)3/h4-12,17-18H,13-16H2,1-3H3. The third-order valence-corrected chi connectivity index (χ3v) is 5.51. The van der Waals surface area contributed by atoms with E-state index in [2.05, 4.69) is 68.1 Å². The normalized spacial score (nSPS) is 20.0. The van der Waals surface area contributed by atoms with Gasteiger partial charge >= 0.3 is 0 Å². The molecule has 140 valence electrons. The lowest BCUT2D eigenvalue weighted by Gasteiger charge is -2.35. The Morgan fingerprint density at radius 3 is 2.52 bits per heavy atom. The van der Waals surface area contributed by atoms with E-state index in [0.717, 1.165) is 35.6 Å². The van der Waals surface area contributed by atoms with E-state index in [1.807, 2.05) is 12.1 Å². The van der Waals surface area contributed by atoms with Gasteiger partial charge in [0.25, 0.3) is 0 Å². The fourth-order valence-corrected chi connectivity index (χ4v) is 4.18. The molecule has 0 bridgehead atoms. The molecule has 1 saturated heterocycles. The second-order valence-electron chi connectivity index (χ2n) is 8.06. The van der Waals surface area contributed by atoms with Gasteiger partial charge in [-0.3, -0.25) is 0 Å². The van der Waals surface area contributed by atoms with Crippen molar-refractivity contribution in [2.45, 2.75) is 33.8 Å². The van der Waals surface area contributed by atoms with Crippen molar-refractivity contribution in [1.29, 1.82) is 0 Å². The van der Waals surface area contributed by atoms with Crippen molar-refractivity contribution in [2.75, 3.05) is 18.0 Å². The van der Waals surface area contributed by atoms with Crippen molar-refractivity contribution >= 4 is 16.7 Å². The number of para-hydroxylation sites is 1. The maximum absolute atomic E-state index is 6.19. The van der Waals surface area contributed by atoms with Crippen molar-refractivity contribution in [3.05, 3.63) is 65.7 Å². The molecule has 1 aromatic heterocycles. The van der Waals surface area contributed by atoms with Gasteiger partial charge in [0.1, 0.15) is 23.7 Å². The molecule has 27 heavy (non-hydrogen) atoms. The van der Waals surface area contributed by atoms with Crippen LogP contribution in [0.3, 0.4) is 0 Å². The third-order valence-electron chi connectivity index (χ3n) is 5.51. The lowest BCUT2D eigenvalue weighted by atomic mass is 9.92. The molecule has 1 aliphatic heterocycles. The van der Waals surface area contributed by atoms with Gasteiger partial charge in [-0.15, -0.1) is 0 Å². The summed E-state index contributed by atoms with van der Waals surface area (Å²) >= 11 is 0. The Bertz CT molecular complexity index is 927. The quantitative estimate of drug-likeness (QED) is 0.605. The van der Waals surface area contributed by atoms with Crippen LogP contribution in [0.4, 0.5) is 5.82 Å². The molecule has 0 aliphatic carbocycles. The number of pyridine rings is 1. The minimum atomic E-state index is 0.565. The average Bonchev–Trinajstić information content (AvgIpc) is 2.66. The summed E-state index contributed by atoms with van der Waals surface area (Å²) in [6, 6.07) is 18.9. The highest BCUT2D eigenvalue weighted by molar-refractivity contribution is 5.86. The highest BCUT2D eigenvalue weighted by Gasteiger charge is 2.23. The zero-order valence-electron chi connectivity index (χ0n) is 16.5. The molecular weight excluding hydrogens is 332 g/mol. The van der Waals surface area contributed by atoms with Crippen molar-refractivity contribution in [3.8, 4) is 5.75 Å². The third kappa shape index (κ3) is 3.92. The molecule has 0 amide bonds. The molecule has 2 unspecified atom stereocenters. The molecule has 2 atom stereocenters. The monoisotopic (exact) mass is 360 g/mol. The number of aromatic nitrogens is 1. The number of benzene rings is 2. The predicted octanol–water partition coefficient (Wildman–Crippen LogP) is 5.60. The molecule has 0 spiro atoms. The Labute approximate surface area is 162 Å². The van der Waals surface area contributed by atoms with Crippen LogP contribution in [0.15, 0.2) is 54.6 Å². The molecule has 3 nitrogen and oxygen atoms in total. The zero-order valence-corrected chi connectivity index (χ0v) is 16.5. The first-order chi connectivity index (χ1) is 13.1. The summed E-state index contributed by atoms with van der Waals surface area (Å²) in [6.07, 6.45) is 1.30. The van der Waals surface area contributed by atoms with E-state index >= 15 is 0 Å². The van der Waals surface area contributed by atoms with Gasteiger partial charge < -0.3 is 9.64 Å². The van der Waals surface area contributed by atoms with Crippen LogP contribution in [0.1, 0.15) is 31.4 Å². The van der Waals surface area contributed by atoms with E-state index in [1.54, 1.807) is 0 Å². The number of hydrogen-bond acceptors (Lipinski definition) is 3. The zero-order chi connectivity index (χ0) is 18.8. The number of ether oxygens (including phenoxy) is 1. The van der Waals surface area contributed by atoms with E-state index in [9.17, 15) is 0 Å². The van der Waals surface area contributed by atoms with Crippen LogP contribution in [0.5, 0.6) is 5.75 Å². The second-order valence-corrected chi connectivity index (χ2v) is 8.06. The summed E-state index contributed by atoms with van der Waals surface area (Å²) in [7, 11) is 0. The Kier molecular flexibility index (Phi) is 5.02. The topological polar surface area (TPSA) is 25.4 Å². The fourth-order valence-electron chi connectivity index (χ4n) is 4.18. The lowest BCUT2D eigenvalue weighted by molar-refractivity contribution is 0.308. The van der Waals surface area contributed by atoms with E-state index in [1.165, 1.54) is 17.5 Å². The summed E-state index contributed by atoms with van der Waals surface area (Å²) in [5.74, 6) is 3.33. The first-order valence-electron chi connectivity index (χ1n) is 9.92. The first-order valence-corrected chi connectivity index (χ1v) is 9.92. The Balaban J connectivity index is 1.62. The van der Waals surface area contributed by atoms with E-state index in [0.29, 0.717) is 18.4 Å². The predicted molar refractivity (Wildman–Crippen MR) is 112 cm³/mol. The molecule has 3 heteroatoms. The van der Waals surface area contributed by atoms with Crippen LogP contribution in [0, 0.1) is 18.8 Å². The van der Waals surface area contributed by atoms with Gasteiger partial charge in [-0.2, -0.15) is 0 Å². The van der Waals surface area contributed by atoms with Gasteiger partial charge in [-0.05, 0) is 54.5 Å². The molecule has 3 aromatic rings. The SMILES string of the molecule is Cc1ccccc1COc1cccc2ccc(N3CC(C)CC(C)C3)nc12. The van der Waals surface area contributed by atoms with Gasteiger partial charge in [0.2, 0.25) is 0 Å².